The molecule has 3 rings (SSSR count). The smallest absolute Gasteiger partial charge is 0.243 e. The van der Waals surface area contributed by atoms with Gasteiger partial charge in [0.2, 0.25) is 17.7 Å². The number of hydrogen-bond donors (Lipinski definition) is 8. The standard InChI is InChI=1S/C28H40N6O5/c29-10-2-1-3-12-32-27(38)23-16-20-14-18(7-9-25(20)36)17-6-8-24(35)19(13-17)15-21(31)26(37)33-22(5-4-11-30)28(39)34-23/h6-9,13-14,21-23,35-36H,1-5,10-12,15-16,29-31H2,(H,32,38)(H,33,37)(H,34,39)/t21-,22-,23-/m0/s1. The zero-order valence-electron chi connectivity index (χ0n) is 22.1. The number of aromatic hydroxyl groups is 2. The fourth-order valence-corrected chi connectivity index (χ4v) is 4.54. The normalized spacial score (nSPS) is 19.8. The average molecular weight is 541 g/mol. The first-order valence-electron chi connectivity index (χ1n) is 13.4. The van der Waals surface area contributed by atoms with Gasteiger partial charge in [0, 0.05) is 19.4 Å². The second kappa shape index (κ2) is 14.5. The first-order chi connectivity index (χ1) is 18.7. The number of carbonyl (C=O) groups excluding carboxylic acids is 3. The Bertz CT molecular complexity index is 1160. The molecule has 1 aliphatic rings. The molecular weight excluding hydrogens is 500 g/mol. The number of nitrogens with two attached hydrogens (primary N) is 3. The van der Waals surface area contributed by atoms with E-state index in [4.69, 9.17) is 17.2 Å². The number of nitrogens with one attached hydrogen (secondary N) is 3. The van der Waals surface area contributed by atoms with Gasteiger partial charge in [-0.25, -0.2) is 0 Å². The van der Waals surface area contributed by atoms with Gasteiger partial charge in [0.15, 0.2) is 0 Å². The van der Waals surface area contributed by atoms with Crippen molar-refractivity contribution in [3.8, 4) is 22.6 Å². The van der Waals surface area contributed by atoms with E-state index in [1.54, 1.807) is 24.3 Å². The van der Waals surface area contributed by atoms with Crippen molar-refractivity contribution in [1.29, 1.82) is 0 Å². The van der Waals surface area contributed by atoms with E-state index < -0.39 is 35.8 Å². The van der Waals surface area contributed by atoms with Crippen LogP contribution in [0.3, 0.4) is 0 Å². The molecule has 0 radical (unpaired) electrons. The Labute approximate surface area is 228 Å². The van der Waals surface area contributed by atoms with Crippen LogP contribution in [0.15, 0.2) is 36.4 Å². The maximum absolute atomic E-state index is 13.4. The first-order valence-corrected chi connectivity index (χ1v) is 13.4. The molecule has 3 amide bonds. The van der Waals surface area contributed by atoms with Crippen LogP contribution in [-0.2, 0) is 27.2 Å². The van der Waals surface area contributed by atoms with E-state index in [1.807, 2.05) is 0 Å². The number of phenols is 2. The van der Waals surface area contributed by atoms with E-state index in [2.05, 4.69) is 16.0 Å². The zero-order valence-corrected chi connectivity index (χ0v) is 22.1. The molecule has 11 heteroatoms. The summed E-state index contributed by atoms with van der Waals surface area (Å²) < 4.78 is 0. The molecule has 0 fully saturated rings. The lowest BCUT2D eigenvalue weighted by atomic mass is 9.95. The molecule has 0 unspecified atom stereocenters. The van der Waals surface area contributed by atoms with Crippen molar-refractivity contribution in [2.45, 2.75) is 63.1 Å². The Morgan fingerprint density at radius 1 is 0.846 bits per heavy atom. The minimum Gasteiger partial charge on any atom is -0.508 e. The molecule has 0 saturated heterocycles. The molecule has 2 aromatic rings. The van der Waals surface area contributed by atoms with Gasteiger partial charge >= 0.3 is 0 Å². The molecule has 11 nitrogen and oxygen atoms in total. The van der Waals surface area contributed by atoms with Gasteiger partial charge in [-0.1, -0.05) is 18.6 Å². The van der Waals surface area contributed by atoms with Gasteiger partial charge in [-0.15, -0.1) is 0 Å². The summed E-state index contributed by atoms with van der Waals surface area (Å²) in [6, 6.07) is 6.94. The van der Waals surface area contributed by atoms with Gasteiger partial charge in [0.05, 0.1) is 6.04 Å². The van der Waals surface area contributed by atoms with E-state index in [0.29, 0.717) is 37.2 Å². The lowest BCUT2D eigenvalue weighted by molar-refractivity contribution is -0.132. The van der Waals surface area contributed by atoms with Gasteiger partial charge in [-0.3, -0.25) is 14.4 Å². The SMILES string of the molecule is NCCCCCNC(=O)[C@@H]1Cc2cc(ccc2O)-c2ccc(O)c(c2)C[C@H](N)C(=O)N[C@@H](CCCN)C(=O)N1. The minimum absolute atomic E-state index is 0.00839. The first kappa shape index (κ1) is 29.9. The summed E-state index contributed by atoms with van der Waals surface area (Å²) in [5.74, 6) is -1.55. The highest BCUT2D eigenvalue weighted by Gasteiger charge is 2.29. The lowest BCUT2D eigenvalue weighted by Crippen LogP contribution is -2.56. The number of unbranched alkanes of at least 4 members (excludes halogenated alkanes) is 2. The van der Waals surface area contributed by atoms with Crippen LogP contribution in [0, 0.1) is 0 Å². The topological polar surface area (TPSA) is 206 Å². The minimum atomic E-state index is -1.03. The monoisotopic (exact) mass is 540 g/mol. The van der Waals surface area contributed by atoms with E-state index in [-0.39, 0.29) is 30.8 Å². The summed E-state index contributed by atoms with van der Waals surface area (Å²) in [7, 11) is 0. The van der Waals surface area contributed by atoms with Crippen LogP contribution in [0.2, 0.25) is 0 Å². The lowest BCUT2D eigenvalue weighted by Gasteiger charge is -2.24. The molecule has 3 atom stereocenters. The highest BCUT2D eigenvalue weighted by atomic mass is 16.3. The third-order valence-corrected chi connectivity index (χ3v) is 6.84. The van der Waals surface area contributed by atoms with E-state index in [1.165, 1.54) is 12.1 Å². The molecule has 0 aromatic heterocycles. The third-order valence-electron chi connectivity index (χ3n) is 6.84. The van der Waals surface area contributed by atoms with Gasteiger partial charge in [-0.2, -0.15) is 0 Å². The second-order valence-corrected chi connectivity index (χ2v) is 9.90. The van der Waals surface area contributed by atoms with Crippen LogP contribution in [0.5, 0.6) is 11.5 Å². The molecule has 0 spiro atoms. The van der Waals surface area contributed by atoms with Gasteiger partial charge in [-0.05, 0) is 85.3 Å². The van der Waals surface area contributed by atoms with Crippen molar-refractivity contribution in [2.24, 2.45) is 17.2 Å². The molecule has 0 aliphatic carbocycles. The van der Waals surface area contributed by atoms with Crippen molar-refractivity contribution in [3.05, 3.63) is 47.5 Å². The predicted octanol–water partition coefficient (Wildman–Crippen LogP) is 0.144. The number of benzene rings is 2. The Morgan fingerprint density at radius 3 is 2.08 bits per heavy atom. The van der Waals surface area contributed by atoms with E-state index >= 15 is 0 Å². The van der Waals surface area contributed by atoms with Crippen molar-refractivity contribution >= 4 is 17.7 Å². The quantitative estimate of drug-likeness (QED) is 0.205. The summed E-state index contributed by atoms with van der Waals surface area (Å²) in [6.45, 7) is 1.29. The molecule has 212 valence electrons. The van der Waals surface area contributed by atoms with Crippen LogP contribution >= 0.6 is 0 Å². The zero-order chi connectivity index (χ0) is 28.4. The van der Waals surface area contributed by atoms with Crippen LogP contribution in [0.1, 0.15) is 43.2 Å². The highest BCUT2D eigenvalue weighted by Crippen LogP contribution is 2.30. The second-order valence-electron chi connectivity index (χ2n) is 9.90. The molecule has 2 aromatic carbocycles. The summed E-state index contributed by atoms with van der Waals surface area (Å²) in [4.78, 5) is 39.5. The van der Waals surface area contributed by atoms with Crippen LogP contribution in [0.25, 0.3) is 11.1 Å². The molecule has 4 bridgehead atoms. The number of phenolic OH excluding ortho intramolecular Hbond substituents is 2. The fraction of sp³-hybridized carbons (Fsp3) is 0.464. The Morgan fingerprint density at radius 2 is 1.46 bits per heavy atom. The van der Waals surface area contributed by atoms with Gasteiger partial charge in [0.25, 0.3) is 0 Å². The van der Waals surface area contributed by atoms with Crippen LogP contribution in [0.4, 0.5) is 0 Å². The maximum Gasteiger partial charge on any atom is 0.243 e. The summed E-state index contributed by atoms with van der Waals surface area (Å²) >= 11 is 0. The molecule has 0 saturated carbocycles. The Kier molecular flexibility index (Phi) is 11.1. The maximum atomic E-state index is 13.4. The number of carbonyl (C=O) groups is 3. The number of rotatable bonds is 9. The molecule has 39 heavy (non-hydrogen) atoms. The van der Waals surface area contributed by atoms with E-state index in [9.17, 15) is 24.6 Å². The van der Waals surface area contributed by atoms with E-state index in [0.717, 1.165) is 30.4 Å². The molecular formula is C28H40N6O5. The number of amides is 3. The number of hydrogen-bond acceptors (Lipinski definition) is 8. The van der Waals surface area contributed by atoms with Crippen molar-refractivity contribution < 1.29 is 24.6 Å². The third kappa shape index (κ3) is 8.41. The Balaban J connectivity index is 2.00. The summed E-state index contributed by atoms with van der Waals surface area (Å²) in [5, 5.41) is 29.4. The van der Waals surface area contributed by atoms with Crippen molar-refractivity contribution in [2.75, 3.05) is 19.6 Å². The van der Waals surface area contributed by atoms with Crippen LogP contribution < -0.4 is 33.2 Å². The van der Waals surface area contributed by atoms with Crippen molar-refractivity contribution in [1.82, 2.24) is 16.0 Å². The van der Waals surface area contributed by atoms with Crippen LogP contribution in [-0.4, -0.2) is 65.7 Å². The predicted molar refractivity (Wildman–Crippen MR) is 149 cm³/mol. The van der Waals surface area contributed by atoms with Gasteiger partial charge < -0.3 is 43.4 Å². The fourth-order valence-electron chi connectivity index (χ4n) is 4.54. The number of fused-ring (bicyclic) bond motifs is 5. The van der Waals surface area contributed by atoms with Crippen molar-refractivity contribution in [3.63, 3.8) is 0 Å². The largest absolute Gasteiger partial charge is 0.508 e. The highest BCUT2D eigenvalue weighted by molar-refractivity contribution is 5.93. The van der Waals surface area contributed by atoms with Gasteiger partial charge in [0.1, 0.15) is 23.6 Å². The molecule has 1 aliphatic heterocycles. The molecule has 1 heterocycles. The molecule has 11 N–H and O–H groups in total. The Hall–Kier alpha value is -3.67. The summed E-state index contributed by atoms with van der Waals surface area (Å²) in [6.07, 6.45) is 3.20. The average Bonchev–Trinajstić information content (AvgIpc) is 2.92. The summed E-state index contributed by atoms with van der Waals surface area (Å²) in [5.41, 5.74) is 19.7.